The molecule has 1 fully saturated rings. The predicted molar refractivity (Wildman–Crippen MR) is 130 cm³/mol. The maximum absolute atomic E-state index is 12.7. The van der Waals surface area contributed by atoms with Gasteiger partial charge in [-0.1, -0.05) is 0 Å². The molecule has 2 heterocycles. The molecule has 17 nitrogen and oxygen atoms in total. The van der Waals surface area contributed by atoms with Gasteiger partial charge in [0.25, 0.3) is 0 Å². The fourth-order valence-electron chi connectivity index (χ4n) is 3.26. The Balaban J connectivity index is 2.30. The number of carbonyl (C=O) groups is 3. The van der Waals surface area contributed by atoms with Gasteiger partial charge in [0.15, 0.2) is 25.6 Å². The molecule has 2 N–H and O–H groups in total. The lowest BCUT2D eigenvalue weighted by atomic mass is 10.1. The average Bonchev–Trinajstić information content (AvgIpc) is 3.18. The Bertz CT molecular complexity index is 1030. The van der Waals surface area contributed by atoms with E-state index in [0.29, 0.717) is 0 Å². The highest BCUT2D eigenvalue weighted by Gasteiger charge is 2.49. The molecule has 1 saturated heterocycles. The van der Waals surface area contributed by atoms with Crippen LogP contribution in [0.5, 0.6) is 0 Å². The molecule has 0 spiro atoms. The van der Waals surface area contributed by atoms with Gasteiger partial charge in [-0.05, 0) is 47.6 Å². The Morgan fingerprint density at radius 2 is 1.40 bits per heavy atom. The highest BCUT2D eigenvalue weighted by atomic mass is 16.8. The Hall–Kier alpha value is -3.67. The van der Waals surface area contributed by atoms with Crippen molar-refractivity contribution in [3.8, 4) is 0 Å². The molecule has 0 bridgehead atoms. The number of hydrogen-bond acceptors (Lipinski definition) is 16. The molecule has 226 valence electrons. The molecule has 0 aliphatic carbocycles. The lowest BCUT2D eigenvalue weighted by Gasteiger charge is -2.25. The first kappa shape index (κ1) is 32.5. The van der Waals surface area contributed by atoms with Gasteiger partial charge in [0.1, 0.15) is 24.9 Å². The summed E-state index contributed by atoms with van der Waals surface area (Å²) < 4.78 is 48.1. The molecule has 0 unspecified atom stereocenters. The lowest BCUT2D eigenvalue weighted by Crippen LogP contribution is -2.41. The highest BCUT2D eigenvalue weighted by molar-refractivity contribution is 5.60. The van der Waals surface area contributed by atoms with Crippen LogP contribution in [0.2, 0.25) is 0 Å². The number of ether oxygens (including phenoxy) is 9. The molecule has 0 amide bonds. The fraction of sp³-hybridized carbons (Fsp3) is 0.696. The number of anilines is 1. The van der Waals surface area contributed by atoms with Crippen LogP contribution in [0, 0.1) is 0 Å². The molecule has 4 atom stereocenters. The highest BCUT2D eigenvalue weighted by Crippen LogP contribution is 2.33. The summed E-state index contributed by atoms with van der Waals surface area (Å²) in [5.41, 5.74) is 0.886. The zero-order valence-electron chi connectivity index (χ0n) is 23.0. The van der Waals surface area contributed by atoms with Crippen LogP contribution >= 0.6 is 0 Å². The first-order valence-corrected chi connectivity index (χ1v) is 12.3. The first-order valence-electron chi connectivity index (χ1n) is 12.3. The van der Waals surface area contributed by atoms with Crippen molar-refractivity contribution in [1.82, 2.24) is 9.55 Å². The summed E-state index contributed by atoms with van der Waals surface area (Å²) in [5, 5.41) is 9.06. The minimum Gasteiger partial charge on any atom is -0.432 e. The maximum atomic E-state index is 12.7. The van der Waals surface area contributed by atoms with Gasteiger partial charge in [0.2, 0.25) is 0 Å². The molecule has 1 aromatic rings. The second kappa shape index (κ2) is 15.8. The monoisotopic (exact) mass is 577 g/mol. The van der Waals surface area contributed by atoms with Crippen molar-refractivity contribution in [2.24, 2.45) is 0 Å². The third-order valence-electron chi connectivity index (χ3n) is 4.74. The van der Waals surface area contributed by atoms with Gasteiger partial charge >= 0.3 is 24.2 Å². The second-order valence-corrected chi connectivity index (χ2v) is 9.03. The molecule has 2 rings (SSSR count). The van der Waals surface area contributed by atoms with Gasteiger partial charge in [0, 0.05) is 6.20 Å². The number of nitrogens with one attached hydrogen (secondary N) is 1. The van der Waals surface area contributed by atoms with Crippen LogP contribution in [0.3, 0.4) is 0 Å². The number of nitrogens with zero attached hydrogens (tertiary/aromatic N) is 2. The van der Waals surface area contributed by atoms with E-state index in [9.17, 15) is 19.2 Å². The van der Waals surface area contributed by atoms with Crippen molar-refractivity contribution in [3.63, 3.8) is 0 Å². The van der Waals surface area contributed by atoms with Gasteiger partial charge in [0.05, 0.1) is 18.3 Å². The minimum absolute atomic E-state index is 0.141. The molecule has 0 radical (unpaired) electrons. The molecule has 0 aromatic carbocycles. The van der Waals surface area contributed by atoms with E-state index in [2.05, 4.69) is 4.98 Å². The van der Waals surface area contributed by atoms with Crippen LogP contribution < -0.4 is 11.2 Å². The van der Waals surface area contributed by atoms with Crippen LogP contribution in [-0.2, 0) is 42.6 Å². The van der Waals surface area contributed by atoms with Crippen molar-refractivity contribution in [3.05, 3.63) is 22.7 Å². The molecule has 1 aromatic heterocycles. The lowest BCUT2D eigenvalue weighted by molar-refractivity contribution is -0.158. The van der Waals surface area contributed by atoms with Gasteiger partial charge in [-0.3, -0.25) is 15.3 Å². The Kier molecular flexibility index (Phi) is 12.9. The van der Waals surface area contributed by atoms with E-state index in [-0.39, 0.29) is 5.82 Å². The van der Waals surface area contributed by atoms with Gasteiger partial charge < -0.3 is 42.6 Å². The van der Waals surface area contributed by atoms with Gasteiger partial charge in [-0.15, -0.1) is 0 Å². The Morgan fingerprint density at radius 1 is 0.900 bits per heavy atom. The predicted octanol–water partition coefficient (Wildman–Crippen LogP) is 2.31. The number of carbonyl (C=O) groups excluding carboxylic acids is 3. The smallest absolute Gasteiger partial charge is 0.432 e. The number of aromatic nitrogens is 2. The summed E-state index contributed by atoms with van der Waals surface area (Å²) in [7, 11) is 0. The quantitative estimate of drug-likeness (QED) is 0.149. The van der Waals surface area contributed by atoms with E-state index in [1.54, 1.807) is 47.0 Å². The van der Waals surface area contributed by atoms with Gasteiger partial charge in [-0.2, -0.15) is 4.98 Å². The average molecular weight is 578 g/mol. The molecule has 1 aliphatic rings. The van der Waals surface area contributed by atoms with E-state index in [0.717, 1.165) is 4.57 Å². The summed E-state index contributed by atoms with van der Waals surface area (Å²) >= 11 is 0. The van der Waals surface area contributed by atoms with E-state index < -0.39 is 87.2 Å². The van der Waals surface area contributed by atoms with Crippen molar-refractivity contribution in [2.75, 3.05) is 25.7 Å². The Labute approximate surface area is 229 Å². The fourth-order valence-corrected chi connectivity index (χ4v) is 3.26. The van der Waals surface area contributed by atoms with Crippen molar-refractivity contribution in [1.29, 1.82) is 0 Å². The van der Waals surface area contributed by atoms with E-state index >= 15 is 0 Å². The molecule has 40 heavy (non-hydrogen) atoms. The normalized spacial score (nSPS) is 20.4. The van der Waals surface area contributed by atoms with E-state index in [4.69, 9.17) is 47.8 Å². The number of rotatable bonds is 13. The van der Waals surface area contributed by atoms with Crippen molar-refractivity contribution < 1.29 is 62.2 Å². The molecular weight excluding hydrogens is 542 g/mol. The SMILES string of the molecule is CC(C)OC(=O)OCO[C@@H]1[C@H](OCOC(=O)OC(C)C)[C@@H](COC(=O)OC(C)C)O[C@H]1n1ccc(NO)nc1=O. The zero-order valence-corrected chi connectivity index (χ0v) is 23.0. The van der Waals surface area contributed by atoms with Crippen molar-refractivity contribution in [2.45, 2.75) is 84.4 Å². The van der Waals surface area contributed by atoms with Crippen LogP contribution in [0.4, 0.5) is 20.2 Å². The standard InChI is InChI=1S/C23H35N3O14/c1-12(2)37-21(28)32-9-15-17(33-10-35-22(29)38-13(3)4)18(34-11-36-23(30)39-14(5)6)19(40-15)26-8-7-16(25-31)24-20(26)27/h7-8,12-15,17-19,31H,9-11H2,1-6H3,(H,24,25,27)/t15-,17-,18-,19-/m1/s1. The summed E-state index contributed by atoms with van der Waals surface area (Å²) in [4.78, 5) is 51.9. The third-order valence-corrected chi connectivity index (χ3v) is 4.74. The van der Waals surface area contributed by atoms with Crippen LogP contribution in [0.1, 0.15) is 47.8 Å². The molecular formula is C23H35N3O14. The van der Waals surface area contributed by atoms with E-state index in [1.807, 2.05) is 0 Å². The summed E-state index contributed by atoms with van der Waals surface area (Å²) in [6.07, 6.45) is -7.92. The van der Waals surface area contributed by atoms with E-state index in [1.165, 1.54) is 12.3 Å². The molecule has 0 saturated carbocycles. The minimum atomic E-state index is -1.28. The molecule has 17 heteroatoms. The van der Waals surface area contributed by atoms with Crippen LogP contribution in [0.25, 0.3) is 0 Å². The summed E-state index contributed by atoms with van der Waals surface area (Å²) in [6.45, 7) is 8.01. The second-order valence-electron chi connectivity index (χ2n) is 9.03. The van der Waals surface area contributed by atoms with Crippen LogP contribution in [-0.4, -0.2) is 90.0 Å². The zero-order chi connectivity index (χ0) is 29.8. The summed E-state index contributed by atoms with van der Waals surface area (Å²) in [6, 6.07) is 1.27. The topological polar surface area (TPSA) is 201 Å². The Morgan fingerprint density at radius 3 is 1.88 bits per heavy atom. The maximum Gasteiger partial charge on any atom is 0.510 e. The van der Waals surface area contributed by atoms with Gasteiger partial charge in [-0.25, -0.2) is 19.2 Å². The third kappa shape index (κ3) is 10.5. The van der Waals surface area contributed by atoms with Crippen molar-refractivity contribution >= 4 is 24.3 Å². The first-order chi connectivity index (χ1) is 18.9. The number of hydrogen-bond donors (Lipinski definition) is 2. The largest absolute Gasteiger partial charge is 0.510 e. The summed E-state index contributed by atoms with van der Waals surface area (Å²) in [5.74, 6) is -0.141. The van der Waals surface area contributed by atoms with Crippen LogP contribution in [0.15, 0.2) is 17.1 Å². The molecule has 1 aliphatic heterocycles.